The van der Waals surface area contributed by atoms with Crippen molar-refractivity contribution in [3.8, 4) is 0 Å². The standard InChI is InChI=1S/C18H23ClN4O3/c1-11(2)7-8-23-10-16(21-22-23)17(24)20-15-9-13(5-6-14(15)19)18(25)26-12(3)4/h5-6,9-12H,7-8H2,1-4H3,(H,20,24). The molecular weight excluding hydrogens is 356 g/mol. The normalized spacial score (nSPS) is 11.0. The number of amides is 1. The molecule has 1 aromatic heterocycles. The van der Waals surface area contributed by atoms with E-state index in [1.807, 2.05) is 0 Å². The first-order chi connectivity index (χ1) is 12.3. The van der Waals surface area contributed by atoms with E-state index in [-0.39, 0.29) is 11.8 Å². The van der Waals surface area contributed by atoms with Gasteiger partial charge in [0.05, 0.1) is 28.6 Å². The Bertz CT molecular complexity index is 786. The number of nitrogens with one attached hydrogen (secondary N) is 1. The van der Waals surface area contributed by atoms with Crippen LogP contribution in [0.1, 0.15) is 55.0 Å². The Labute approximate surface area is 157 Å². The van der Waals surface area contributed by atoms with E-state index >= 15 is 0 Å². The molecule has 1 aromatic carbocycles. The van der Waals surface area contributed by atoms with Gasteiger partial charge in [0.2, 0.25) is 0 Å². The number of carbonyl (C=O) groups excluding carboxylic acids is 2. The van der Waals surface area contributed by atoms with Crippen molar-refractivity contribution in [2.24, 2.45) is 5.92 Å². The minimum Gasteiger partial charge on any atom is -0.459 e. The number of aryl methyl sites for hydroxylation is 1. The molecule has 1 N–H and O–H groups in total. The number of hydrogen-bond acceptors (Lipinski definition) is 5. The predicted molar refractivity (Wildman–Crippen MR) is 99.4 cm³/mol. The predicted octanol–water partition coefficient (Wildman–Crippen LogP) is 3.80. The summed E-state index contributed by atoms with van der Waals surface area (Å²) in [7, 11) is 0. The maximum Gasteiger partial charge on any atom is 0.338 e. The lowest BCUT2D eigenvalue weighted by atomic mass is 10.1. The zero-order chi connectivity index (χ0) is 19.3. The highest BCUT2D eigenvalue weighted by Gasteiger charge is 2.16. The van der Waals surface area contributed by atoms with Crippen LogP contribution < -0.4 is 5.32 Å². The van der Waals surface area contributed by atoms with E-state index < -0.39 is 11.9 Å². The molecule has 0 saturated carbocycles. The average molecular weight is 379 g/mol. The summed E-state index contributed by atoms with van der Waals surface area (Å²) >= 11 is 6.12. The molecule has 0 radical (unpaired) electrons. The molecule has 7 nitrogen and oxygen atoms in total. The van der Waals surface area contributed by atoms with Crippen LogP contribution >= 0.6 is 11.6 Å². The molecule has 2 rings (SSSR count). The summed E-state index contributed by atoms with van der Waals surface area (Å²) in [4.78, 5) is 24.4. The van der Waals surface area contributed by atoms with E-state index in [0.717, 1.165) is 6.42 Å². The number of benzene rings is 1. The highest BCUT2D eigenvalue weighted by atomic mass is 35.5. The molecule has 26 heavy (non-hydrogen) atoms. The van der Waals surface area contributed by atoms with Gasteiger partial charge in [0.1, 0.15) is 0 Å². The molecule has 0 fully saturated rings. The molecule has 1 amide bonds. The second-order valence-corrected chi connectivity index (χ2v) is 7.06. The smallest absolute Gasteiger partial charge is 0.338 e. The van der Waals surface area contributed by atoms with Crippen molar-refractivity contribution >= 4 is 29.2 Å². The largest absolute Gasteiger partial charge is 0.459 e. The number of anilines is 1. The van der Waals surface area contributed by atoms with Crippen molar-refractivity contribution < 1.29 is 14.3 Å². The maximum absolute atomic E-state index is 12.4. The van der Waals surface area contributed by atoms with Gasteiger partial charge in [0, 0.05) is 6.54 Å². The third-order valence-electron chi connectivity index (χ3n) is 3.50. The minimum atomic E-state index is -0.480. The van der Waals surface area contributed by atoms with Gasteiger partial charge in [-0.25, -0.2) is 4.79 Å². The third kappa shape index (κ3) is 5.56. The van der Waals surface area contributed by atoms with Gasteiger partial charge >= 0.3 is 5.97 Å². The van der Waals surface area contributed by atoms with E-state index in [1.165, 1.54) is 12.1 Å². The van der Waals surface area contributed by atoms with Crippen LogP contribution in [-0.4, -0.2) is 33.0 Å². The average Bonchev–Trinajstić information content (AvgIpc) is 3.03. The molecule has 140 valence electrons. The van der Waals surface area contributed by atoms with E-state index in [2.05, 4.69) is 29.5 Å². The van der Waals surface area contributed by atoms with E-state index in [4.69, 9.17) is 16.3 Å². The summed E-state index contributed by atoms with van der Waals surface area (Å²) in [5, 5.41) is 10.8. The fraction of sp³-hybridized carbons (Fsp3) is 0.444. The van der Waals surface area contributed by atoms with Crippen molar-refractivity contribution in [2.45, 2.75) is 46.8 Å². The van der Waals surface area contributed by atoms with Gasteiger partial charge in [-0.2, -0.15) is 0 Å². The molecule has 0 spiro atoms. The number of carbonyl (C=O) groups is 2. The van der Waals surface area contributed by atoms with Gasteiger partial charge in [-0.3, -0.25) is 9.48 Å². The first-order valence-corrected chi connectivity index (χ1v) is 8.86. The molecule has 0 aliphatic rings. The molecule has 0 aliphatic carbocycles. The molecule has 0 aliphatic heterocycles. The van der Waals surface area contributed by atoms with Crippen molar-refractivity contribution in [2.75, 3.05) is 5.32 Å². The minimum absolute atomic E-state index is 0.181. The van der Waals surface area contributed by atoms with Crippen molar-refractivity contribution in [3.63, 3.8) is 0 Å². The van der Waals surface area contributed by atoms with E-state index in [1.54, 1.807) is 30.8 Å². The van der Waals surface area contributed by atoms with Crippen LogP contribution in [0.4, 0.5) is 5.69 Å². The molecule has 2 aromatic rings. The number of hydrogen-bond donors (Lipinski definition) is 1. The lowest BCUT2D eigenvalue weighted by Gasteiger charge is -2.10. The monoisotopic (exact) mass is 378 g/mol. The van der Waals surface area contributed by atoms with Gasteiger partial charge < -0.3 is 10.1 Å². The summed E-state index contributed by atoms with van der Waals surface area (Å²) in [5.74, 6) is -0.396. The number of rotatable bonds is 7. The lowest BCUT2D eigenvalue weighted by Crippen LogP contribution is -2.15. The van der Waals surface area contributed by atoms with E-state index in [0.29, 0.717) is 28.7 Å². The number of aromatic nitrogens is 3. The van der Waals surface area contributed by atoms with Gasteiger partial charge in [-0.05, 0) is 44.4 Å². The molecule has 0 unspecified atom stereocenters. The van der Waals surface area contributed by atoms with Gasteiger partial charge in [-0.1, -0.05) is 30.7 Å². The Morgan fingerprint density at radius 2 is 2.00 bits per heavy atom. The number of ether oxygens (including phenoxy) is 1. The van der Waals surface area contributed by atoms with Crippen molar-refractivity contribution in [1.82, 2.24) is 15.0 Å². The SMILES string of the molecule is CC(C)CCn1cc(C(=O)Nc2cc(C(=O)OC(C)C)ccc2Cl)nn1. The Hall–Kier alpha value is -2.41. The lowest BCUT2D eigenvalue weighted by molar-refractivity contribution is 0.0378. The van der Waals surface area contributed by atoms with Crippen molar-refractivity contribution in [3.05, 3.63) is 40.7 Å². The zero-order valence-electron chi connectivity index (χ0n) is 15.3. The van der Waals surface area contributed by atoms with Crippen molar-refractivity contribution in [1.29, 1.82) is 0 Å². The van der Waals surface area contributed by atoms with Crippen LogP contribution in [0.15, 0.2) is 24.4 Å². The molecule has 0 bridgehead atoms. The maximum atomic E-state index is 12.4. The summed E-state index contributed by atoms with van der Waals surface area (Å²) in [5.41, 5.74) is 0.797. The van der Waals surface area contributed by atoms with Gasteiger partial charge in [-0.15, -0.1) is 5.10 Å². The first-order valence-electron chi connectivity index (χ1n) is 8.48. The fourth-order valence-corrected chi connectivity index (χ4v) is 2.28. The molecule has 8 heteroatoms. The molecule has 0 saturated heterocycles. The third-order valence-corrected chi connectivity index (χ3v) is 3.83. The summed E-state index contributed by atoms with van der Waals surface area (Å²) in [6.45, 7) is 8.45. The van der Waals surface area contributed by atoms with E-state index in [9.17, 15) is 9.59 Å². The summed E-state index contributed by atoms with van der Waals surface area (Å²) < 4.78 is 6.78. The number of esters is 1. The Balaban J connectivity index is 2.10. The van der Waals surface area contributed by atoms with Gasteiger partial charge in [0.15, 0.2) is 5.69 Å². The van der Waals surface area contributed by atoms with Crippen LogP contribution in [0.2, 0.25) is 5.02 Å². The molecule has 0 atom stereocenters. The summed E-state index contributed by atoms with van der Waals surface area (Å²) in [6.07, 6.45) is 2.29. The van der Waals surface area contributed by atoms with Crippen LogP contribution in [0.3, 0.4) is 0 Å². The number of halogens is 1. The highest BCUT2D eigenvalue weighted by molar-refractivity contribution is 6.34. The van der Waals surface area contributed by atoms with Crippen LogP contribution in [-0.2, 0) is 11.3 Å². The second-order valence-electron chi connectivity index (χ2n) is 6.65. The van der Waals surface area contributed by atoms with Crippen LogP contribution in [0.5, 0.6) is 0 Å². The fourth-order valence-electron chi connectivity index (χ4n) is 2.12. The van der Waals surface area contributed by atoms with Gasteiger partial charge in [0.25, 0.3) is 5.91 Å². The molecular formula is C18H23ClN4O3. The van der Waals surface area contributed by atoms with Crippen LogP contribution in [0.25, 0.3) is 0 Å². The Morgan fingerprint density at radius 1 is 1.27 bits per heavy atom. The summed E-state index contributed by atoms with van der Waals surface area (Å²) in [6, 6.07) is 4.56. The zero-order valence-corrected chi connectivity index (χ0v) is 16.1. The number of nitrogens with zero attached hydrogens (tertiary/aromatic N) is 3. The second kappa shape index (κ2) is 8.80. The Kier molecular flexibility index (Phi) is 6.74. The Morgan fingerprint density at radius 3 is 2.65 bits per heavy atom. The van der Waals surface area contributed by atoms with Crippen LogP contribution in [0, 0.1) is 5.92 Å². The topological polar surface area (TPSA) is 86.1 Å². The highest BCUT2D eigenvalue weighted by Crippen LogP contribution is 2.24. The first kappa shape index (κ1) is 19.9. The quantitative estimate of drug-likeness (QED) is 0.740. The molecule has 1 heterocycles.